The number of benzene rings is 1. The van der Waals surface area contributed by atoms with Crippen LogP contribution in [0.2, 0.25) is 0 Å². The van der Waals surface area contributed by atoms with Crippen molar-refractivity contribution in [2.45, 2.75) is 0 Å². The Balaban J connectivity index is 3.43. The number of hydrogen-bond acceptors (Lipinski definition) is 3. The molecule has 0 saturated carbocycles. The average molecular weight is 181 g/mol. The fourth-order valence-corrected chi connectivity index (χ4v) is 0.882. The lowest BCUT2D eigenvalue weighted by molar-refractivity contribution is 0.0648. The van der Waals surface area contributed by atoms with E-state index < -0.39 is 28.8 Å². The molecular formula is C8H5O5. The van der Waals surface area contributed by atoms with Gasteiger partial charge in [-0.1, -0.05) is 0 Å². The van der Waals surface area contributed by atoms with Crippen LogP contribution in [0.5, 0.6) is 5.75 Å². The van der Waals surface area contributed by atoms with Crippen molar-refractivity contribution < 1.29 is 24.9 Å². The standard InChI is InChI=1S/C8H5O5/c9-5-3-1-2-4(7(10)11)6(5)8(12)13/h1-2,9H,(H,10,11)(H,12,13). The summed E-state index contributed by atoms with van der Waals surface area (Å²) in [5, 5.41) is 26.1. The third kappa shape index (κ3) is 1.58. The van der Waals surface area contributed by atoms with Gasteiger partial charge in [-0.25, -0.2) is 9.59 Å². The largest absolute Gasteiger partial charge is 0.506 e. The minimum atomic E-state index is -1.49. The van der Waals surface area contributed by atoms with Gasteiger partial charge in [0.25, 0.3) is 0 Å². The van der Waals surface area contributed by atoms with E-state index in [-0.39, 0.29) is 0 Å². The minimum absolute atomic E-state index is 0.455. The molecule has 0 aliphatic carbocycles. The van der Waals surface area contributed by atoms with Crippen LogP contribution in [0.4, 0.5) is 0 Å². The van der Waals surface area contributed by atoms with Crippen molar-refractivity contribution in [2.75, 3.05) is 0 Å². The van der Waals surface area contributed by atoms with E-state index in [9.17, 15) is 9.59 Å². The summed E-state index contributed by atoms with van der Waals surface area (Å²) in [5.74, 6) is -3.57. The van der Waals surface area contributed by atoms with E-state index in [0.717, 1.165) is 12.1 Å². The lowest BCUT2D eigenvalue weighted by Crippen LogP contribution is -2.07. The third-order valence-corrected chi connectivity index (χ3v) is 1.42. The van der Waals surface area contributed by atoms with Gasteiger partial charge in [-0.15, -0.1) is 0 Å². The summed E-state index contributed by atoms with van der Waals surface area (Å²) >= 11 is 0. The first-order valence-corrected chi connectivity index (χ1v) is 3.24. The predicted molar refractivity (Wildman–Crippen MR) is 40.9 cm³/mol. The monoisotopic (exact) mass is 181 g/mol. The van der Waals surface area contributed by atoms with Crippen LogP contribution in [-0.2, 0) is 0 Å². The fourth-order valence-electron chi connectivity index (χ4n) is 0.882. The normalized spacial score (nSPS) is 9.54. The van der Waals surface area contributed by atoms with Crippen LogP contribution >= 0.6 is 0 Å². The number of carboxylic acids is 2. The van der Waals surface area contributed by atoms with Gasteiger partial charge in [0.2, 0.25) is 0 Å². The molecule has 0 heterocycles. The van der Waals surface area contributed by atoms with Crippen LogP contribution < -0.4 is 0 Å². The van der Waals surface area contributed by atoms with Gasteiger partial charge in [0.15, 0.2) is 0 Å². The lowest BCUT2D eigenvalue weighted by Gasteiger charge is -2.01. The maximum absolute atomic E-state index is 10.5. The maximum atomic E-state index is 10.5. The summed E-state index contributed by atoms with van der Waals surface area (Å²) in [6.45, 7) is 0. The van der Waals surface area contributed by atoms with E-state index in [1.54, 1.807) is 0 Å². The first kappa shape index (κ1) is 9.05. The lowest BCUT2D eigenvalue weighted by atomic mass is 10.1. The molecule has 0 unspecified atom stereocenters. The Hall–Kier alpha value is -2.04. The first-order chi connectivity index (χ1) is 6.04. The molecule has 13 heavy (non-hydrogen) atoms. The molecule has 0 amide bonds. The number of aromatic carboxylic acids is 2. The number of rotatable bonds is 2. The van der Waals surface area contributed by atoms with Crippen LogP contribution in [0.15, 0.2) is 12.1 Å². The zero-order valence-corrected chi connectivity index (χ0v) is 6.31. The molecule has 0 bridgehead atoms. The number of aromatic hydroxyl groups is 1. The second-order valence-electron chi connectivity index (χ2n) is 2.23. The molecule has 0 spiro atoms. The quantitative estimate of drug-likeness (QED) is 0.620. The van der Waals surface area contributed by atoms with E-state index in [1.807, 2.05) is 0 Å². The Labute approximate surface area is 72.9 Å². The molecule has 0 atom stereocenters. The summed E-state index contributed by atoms with van der Waals surface area (Å²) in [6, 6.07) is 4.39. The molecule has 0 aromatic heterocycles. The molecule has 67 valence electrons. The molecule has 1 radical (unpaired) electrons. The highest BCUT2D eigenvalue weighted by Crippen LogP contribution is 2.20. The summed E-state index contributed by atoms with van der Waals surface area (Å²) in [7, 11) is 0. The zero-order chi connectivity index (χ0) is 10.0. The number of hydrogen-bond donors (Lipinski definition) is 3. The topological polar surface area (TPSA) is 94.8 Å². The summed E-state index contributed by atoms with van der Waals surface area (Å²) in [6.07, 6.45) is 0. The molecule has 0 saturated heterocycles. The van der Waals surface area contributed by atoms with Crippen LogP contribution in [0, 0.1) is 6.07 Å². The van der Waals surface area contributed by atoms with E-state index in [2.05, 4.69) is 6.07 Å². The van der Waals surface area contributed by atoms with Crippen molar-refractivity contribution in [1.29, 1.82) is 0 Å². The Kier molecular flexibility index (Phi) is 2.19. The highest BCUT2D eigenvalue weighted by molar-refractivity contribution is 6.03. The SMILES string of the molecule is O=C(O)c1cc[c]c(O)c1C(=O)O. The van der Waals surface area contributed by atoms with Gasteiger partial charge in [-0.3, -0.25) is 0 Å². The Morgan fingerprint density at radius 1 is 1.23 bits per heavy atom. The van der Waals surface area contributed by atoms with Gasteiger partial charge in [0, 0.05) is 6.07 Å². The van der Waals surface area contributed by atoms with Crippen molar-refractivity contribution in [3.63, 3.8) is 0 Å². The molecular weight excluding hydrogens is 176 g/mol. The van der Waals surface area contributed by atoms with Crippen LogP contribution in [-0.4, -0.2) is 27.3 Å². The highest BCUT2D eigenvalue weighted by atomic mass is 16.4. The van der Waals surface area contributed by atoms with Crippen molar-refractivity contribution >= 4 is 11.9 Å². The van der Waals surface area contributed by atoms with Crippen LogP contribution in [0.25, 0.3) is 0 Å². The van der Waals surface area contributed by atoms with Crippen molar-refractivity contribution in [3.8, 4) is 5.75 Å². The van der Waals surface area contributed by atoms with Crippen molar-refractivity contribution in [1.82, 2.24) is 0 Å². The molecule has 3 N–H and O–H groups in total. The van der Waals surface area contributed by atoms with Gasteiger partial charge >= 0.3 is 11.9 Å². The van der Waals surface area contributed by atoms with E-state index in [4.69, 9.17) is 15.3 Å². The van der Waals surface area contributed by atoms with Crippen LogP contribution in [0.3, 0.4) is 0 Å². The van der Waals surface area contributed by atoms with Gasteiger partial charge in [-0.2, -0.15) is 0 Å². The van der Waals surface area contributed by atoms with Crippen molar-refractivity contribution in [3.05, 3.63) is 29.3 Å². The smallest absolute Gasteiger partial charge is 0.340 e. The second kappa shape index (κ2) is 3.14. The predicted octanol–water partition coefficient (Wildman–Crippen LogP) is 0.589. The highest BCUT2D eigenvalue weighted by Gasteiger charge is 2.19. The Morgan fingerprint density at radius 2 is 1.85 bits per heavy atom. The first-order valence-electron chi connectivity index (χ1n) is 3.24. The molecule has 1 aromatic rings. The minimum Gasteiger partial charge on any atom is -0.506 e. The summed E-state index contributed by atoms with van der Waals surface area (Å²) < 4.78 is 0. The van der Waals surface area contributed by atoms with Crippen molar-refractivity contribution in [2.24, 2.45) is 0 Å². The maximum Gasteiger partial charge on any atom is 0.340 e. The Morgan fingerprint density at radius 3 is 2.23 bits per heavy atom. The molecule has 1 rings (SSSR count). The van der Waals surface area contributed by atoms with E-state index in [1.165, 1.54) is 0 Å². The zero-order valence-electron chi connectivity index (χ0n) is 6.31. The molecule has 0 fully saturated rings. The molecule has 0 aliphatic heterocycles. The van der Waals surface area contributed by atoms with Gasteiger partial charge < -0.3 is 15.3 Å². The van der Waals surface area contributed by atoms with Gasteiger partial charge in [0.05, 0.1) is 5.56 Å². The van der Waals surface area contributed by atoms with Gasteiger partial charge in [0.1, 0.15) is 11.3 Å². The molecule has 0 aliphatic rings. The molecule has 5 nitrogen and oxygen atoms in total. The summed E-state index contributed by atoms with van der Waals surface area (Å²) in [5.41, 5.74) is -1.10. The second-order valence-corrected chi connectivity index (χ2v) is 2.23. The number of carboxylic acid groups (broad SMARTS) is 2. The number of carbonyl (C=O) groups is 2. The fraction of sp³-hybridized carbons (Fsp3) is 0. The average Bonchev–Trinajstić information content (AvgIpc) is 2.02. The Bertz CT molecular complexity index is 369. The molecule has 5 heteroatoms. The van der Waals surface area contributed by atoms with E-state index in [0.29, 0.717) is 0 Å². The van der Waals surface area contributed by atoms with Crippen LogP contribution in [0.1, 0.15) is 20.7 Å². The summed E-state index contributed by atoms with van der Waals surface area (Å²) in [4.78, 5) is 21.0. The van der Waals surface area contributed by atoms with Gasteiger partial charge in [-0.05, 0) is 12.1 Å². The van der Waals surface area contributed by atoms with E-state index >= 15 is 0 Å². The third-order valence-electron chi connectivity index (χ3n) is 1.42. The molecule has 1 aromatic carbocycles. The number of phenols is 1.